The van der Waals surface area contributed by atoms with Crippen LogP contribution in [0.15, 0.2) is 30.3 Å². The number of halogens is 2. The third-order valence-electron chi connectivity index (χ3n) is 7.64. The van der Waals surface area contributed by atoms with E-state index in [0.29, 0.717) is 23.1 Å². The Morgan fingerprint density at radius 3 is 2.74 bits per heavy atom. The summed E-state index contributed by atoms with van der Waals surface area (Å²) in [7, 11) is 0. The predicted molar refractivity (Wildman–Crippen MR) is 133 cm³/mol. The van der Waals surface area contributed by atoms with E-state index in [9.17, 15) is 13.6 Å². The van der Waals surface area contributed by atoms with E-state index < -0.39 is 12.5 Å². The number of rotatable bonds is 9. The molecule has 1 aromatic heterocycles. The van der Waals surface area contributed by atoms with Gasteiger partial charge in [-0.1, -0.05) is 41.7 Å². The lowest BCUT2D eigenvalue weighted by atomic mass is 9.84. The second-order valence-corrected chi connectivity index (χ2v) is 11.7. The lowest BCUT2D eigenvalue weighted by Crippen LogP contribution is -2.39. The number of hydrogen-bond acceptors (Lipinski definition) is 5. The van der Waals surface area contributed by atoms with Crippen LogP contribution in [0.5, 0.6) is 5.19 Å². The molecule has 1 aliphatic heterocycles. The monoisotopic (exact) mass is 503 g/mol. The standard InChI is InChI=1S/C27H35F2N3O2S/c1-27(28,29)17-34-26-31-23-16-32(14-12-24(23)35-26)13-11-18-7-9-20(10-8-18)30-25(33)22-15-21(22)19-5-3-2-4-6-19/h2-6,18,20-22H,7-17H2,1H3,(H,30,33)/t18-,20-,21-,22+/m0/s1. The first-order chi connectivity index (χ1) is 16.8. The highest BCUT2D eigenvalue weighted by atomic mass is 32.1. The van der Waals surface area contributed by atoms with Crippen LogP contribution in [0, 0.1) is 11.8 Å². The van der Waals surface area contributed by atoms with Crippen LogP contribution in [0.2, 0.25) is 0 Å². The summed E-state index contributed by atoms with van der Waals surface area (Å²) in [5.41, 5.74) is 2.26. The first kappa shape index (κ1) is 24.6. The minimum absolute atomic E-state index is 0.147. The van der Waals surface area contributed by atoms with Crippen LogP contribution in [0.4, 0.5) is 8.78 Å². The zero-order valence-electron chi connectivity index (χ0n) is 20.3. The van der Waals surface area contributed by atoms with E-state index in [4.69, 9.17) is 4.74 Å². The maximum absolute atomic E-state index is 13.1. The van der Waals surface area contributed by atoms with Crippen LogP contribution in [0.25, 0.3) is 0 Å². The van der Waals surface area contributed by atoms with Crippen molar-refractivity contribution >= 4 is 17.2 Å². The fourth-order valence-electron chi connectivity index (χ4n) is 5.49. The summed E-state index contributed by atoms with van der Waals surface area (Å²) in [6.45, 7) is 3.02. The van der Waals surface area contributed by atoms with E-state index in [1.165, 1.54) is 16.9 Å². The number of nitrogens with zero attached hydrogens (tertiary/aromatic N) is 2. The zero-order valence-corrected chi connectivity index (χ0v) is 21.2. The van der Waals surface area contributed by atoms with Crippen molar-refractivity contribution in [1.82, 2.24) is 15.2 Å². The number of nitrogens with one attached hydrogen (secondary N) is 1. The molecular weight excluding hydrogens is 468 g/mol. The molecule has 2 heterocycles. The molecule has 0 unspecified atom stereocenters. The molecule has 0 saturated heterocycles. The summed E-state index contributed by atoms with van der Waals surface area (Å²) >= 11 is 1.41. The Morgan fingerprint density at radius 2 is 2.00 bits per heavy atom. The Labute approximate surface area is 210 Å². The highest BCUT2D eigenvalue weighted by Gasteiger charge is 2.44. The average molecular weight is 504 g/mol. The molecule has 5 rings (SSSR count). The van der Waals surface area contributed by atoms with E-state index in [2.05, 4.69) is 27.3 Å². The van der Waals surface area contributed by atoms with Crippen LogP contribution in [0.1, 0.15) is 67.5 Å². The van der Waals surface area contributed by atoms with Crippen LogP contribution in [-0.4, -0.2) is 47.5 Å². The van der Waals surface area contributed by atoms with Crippen molar-refractivity contribution in [2.75, 3.05) is 19.7 Å². The number of benzene rings is 1. The summed E-state index contributed by atoms with van der Waals surface area (Å²) in [5.74, 6) is -1.37. The number of fused-ring (bicyclic) bond motifs is 1. The second-order valence-electron chi connectivity index (χ2n) is 10.6. The Balaban J connectivity index is 1.00. The number of thiazole rings is 1. The summed E-state index contributed by atoms with van der Waals surface area (Å²) in [4.78, 5) is 20.7. The molecule has 2 fully saturated rings. The van der Waals surface area contributed by atoms with Gasteiger partial charge in [0.25, 0.3) is 11.1 Å². The fraction of sp³-hybridized carbons (Fsp3) is 0.630. The van der Waals surface area contributed by atoms with Crippen molar-refractivity contribution < 1.29 is 18.3 Å². The van der Waals surface area contributed by atoms with E-state index in [1.807, 2.05) is 18.2 Å². The van der Waals surface area contributed by atoms with E-state index in [1.54, 1.807) is 0 Å². The van der Waals surface area contributed by atoms with Gasteiger partial charge in [0, 0.05) is 36.9 Å². The van der Waals surface area contributed by atoms with Gasteiger partial charge >= 0.3 is 0 Å². The van der Waals surface area contributed by atoms with E-state index >= 15 is 0 Å². The SMILES string of the molecule is CC(F)(F)COc1nc2c(s1)CCN(CC[C@H]1CC[C@H](NC(=O)[C@@H]3C[C@H]3c3ccccc3)CC1)C2. The molecule has 35 heavy (non-hydrogen) atoms. The minimum Gasteiger partial charge on any atom is -0.464 e. The molecule has 2 aromatic rings. The van der Waals surface area contributed by atoms with Gasteiger partial charge in [0.1, 0.15) is 0 Å². The summed E-state index contributed by atoms with van der Waals surface area (Å²) in [6.07, 6.45) is 7.50. The van der Waals surface area contributed by atoms with Crippen LogP contribution in [0.3, 0.4) is 0 Å². The summed E-state index contributed by atoms with van der Waals surface area (Å²) in [5, 5.41) is 3.69. The molecular formula is C27H35F2N3O2S. The number of ether oxygens (including phenoxy) is 1. The number of alkyl halides is 2. The second kappa shape index (κ2) is 10.5. The van der Waals surface area contributed by atoms with E-state index in [-0.39, 0.29) is 11.8 Å². The Kier molecular flexibility index (Phi) is 7.39. The third-order valence-corrected chi connectivity index (χ3v) is 8.71. The van der Waals surface area contributed by atoms with Gasteiger partial charge in [-0.2, -0.15) is 0 Å². The van der Waals surface area contributed by atoms with E-state index in [0.717, 1.165) is 82.1 Å². The smallest absolute Gasteiger partial charge is 0.278 e. The van der Waals surface area contributed by atoms with Crippen molar-refractivity contribution in [2.24, 2.45) is 11.8 Å². The normalized spacial score (nSPS) is 26.7. The molecule has 0 spiro atoms. The minimum atomic E-state index is -2.84. The number of amides is 1. The first-order valence-corrected chi connectivity index (χ1v) is 13.7. The zero-order chi connectivity index (χ0) is 24.4. The summed E-state index contributed by atoms with van der Waals surface area (Å²) < 4.78 is 31.3. The Bertz CT molecular complexity index is 1000. The number of hydrogen-bond donors (Lipinski definition) is 1. The molecule has 1 amide bonds. The van der Waals surface area contributed by atoms with Crippen LogP contribution < -0.4 is 10.1 Å². The van der Waals surface area contributed by atoms with Gasteiger partial charge in [0.05, 0.1) is 5.69 Å². The van der Waals surface area contributed by atoms with Crippen LogP contribution >= 0.6 is 11.3 Å². The Hall–Kier alpha value is -2.06. The molecule has 0 bridgehead atoms. The Morgan fingerprint density at radius 1 is 1.23 bits per heavy atom. The van der Waals surface area contributed by atoms with Gasteiger partial charge in [-0.15, -0.1) is 0 Å². The average Bonchev–Trinajstić information content (AvgIpc) is 3.55. The number of carbonyl (C=O) groups is 1. The highest BCUT2D eigenvalue weighted by Crippen LogP contribution is 2.47. The van der Waals surface area contributed by atoms with Crippen molar-refractivity contribution in [2.45, 2.75) is 76.3 Å². The summed E-state index contributed by atoms with van der Waals surface area (Å²) in [6, 6.07) is 10.7. The van der Waals surface area contributed by atoms with Gasteiger partial charge in [-0.3, -0.25) is 9.69 Å². The maximum atomic E-state index is 13.1. The molecule has 3 aliphatic rings. The third kappa shape index (κ3) is 6.58. The van der Waals surface area contributed by atoms with Gasteiger partial charge < -0.3 is 10.1 Å². The lowest BCUT2D eigenvalue weighted by molar-refractivity contribution is -0.123. The molecule has 8 heteroatoms. The lowest BCUT2D eigenvalue weighted by Gasteiger charge is -2.32. The van der Waals surface area contributed by atoms with Crippen molar-refractivity contribution in [3.05, 3.63) is 46.5 Å². The van der Waals surface area contributed by atoms with Gasteiger partial charge in [0.2, 0.25) is 5.91 Å². The number of carbonyl (C=O) groups excluding carboxylic acids is 1. The molecule has 190 valence electrons. The van der Waals surface area contributed by atoms with Crippen molar-refractivity contribution in [3.8, 4) is 5.19 Å². The van der Waals surface area contributed by atoms with Gasteiger partial charge in [-0.25, -0.2) is 13.8 Å². The fourth-order valence-corrected chi connectivity index (χ4v) is 6.40. The molecule has 5 nitrogen and oxygen atoms in total. The molecule has 2 atom stereocenters. The number of aromatic nitrogens is 1. The van der Waals surface area contributed by atoms with Gasteiger partial charge in [0.15, 0.2) is 6.61 Å². The maximum Gasteiger partial charge on any atom is 0.278 e. The molecule has 0 radical (unpaired) electrons. The largest absolute Gasteiger partial charge is 0.464 e. The molecule has 1 N–H and O–H groups in total. The topological polar surface area (TPSA) is 54.5 Å². The highest BCUT2D eigenvalue weighted by molar-refractivity contribution is 7.13. The predicted octanol–water partition coefficient (Wildman–Crippen LogP) is 5.40. The molecule has 1 aromatic carbocycles. The van der Waals surface area contributed by atoms with Crippen molar-refractivity contribution in [3.63, 3.8) is 0 Å². The van der Waals surface area contributed by atoms with Crippen LogP contribution in [-0.2, 0) is 17.8 Å². The first-order valence-electron chi connectivity index (χ1n) is 12.9. The van der Waals surface area contributed by atoms with Gasteiger partial charge in [-0.05, 0) is 68.9 Å². The molecule has 2 aliphatic carbocycles. The van der Waals surface area contributed by atoms with Crippen molar-refractivity contribution in [1.29, 1.82) is 0 Å². The quantitative estimate of drug-likeness (QED) is 0.498. The molecule has 2 saturated carbocycles.